The lowest BCUT2D eigenvalue weighted by Gasteiger charge is -2.28. The molecule has 3 aliphatic rings. The second kappa shape index (κ2) is 8.71. The maximum absolute atomic E-state index is 13.1. The largest absolute Gasteiger partial charge is 0.452 e. The third-order valence-corrected chi connectivity index (χ3v) is 8.34. The Bertz CT molecular complexity index is 1130. The molecule has 0 aromatic heterocycles. The quantitative estimate of drug-likeness (QED) is 0.383. The van der Waals surface area contributed by atoms with Crippen LogP contribution in [0.3, 0.4) is 0 Å². The number of esters is 1. The van der Waals surface area contributed by atoms with E-state index in [-0.39, 0.29) is 40.0 Å². The zero-order valence-corrected chi connectivity index (χ0v) is 19.8. The number of amides is 3. The summed E-state index contributed by atoms with van der Waals surface area (Å²) >= 11 is 12.8. The zero-order valence-electron chi connectivity index (χ0n) is 18.2. The van der Waals surface area contributed by atoms with Gasteiger partial charge in [-0.2, -0.15) is 0 Å². The highest BCUT2D eigenvalue weighted by Gasteiger charge is 2.66. The topological polar surface area (TPSA) is 92.8 Å². The van der Waals surface area contributed by atoms with Crippen LogP contribution in [0.5, 0.6) is 0 Å². The molecular formula is C25H22Cl2N2O5. The third-order valence-electron chi connectivity index (χ3n) is 7.02. The molecule has 0 radical (unpaired) electrons. The molecule has 2 saturated carbocycles. The van der Waals surface area contributed by atoms with Crippen LogP contribution in [0, 0.1) is 30.6 Å². The number of nitrogens with zero attached hydrogens (tertiary/aromatic N) is 1. The number of ether oxygens (including phenoxy) is 1. The van der Waals surface area contributed by atoms with Gasteiger partial charge in [-0.1, -0.05) is 17.7 Å². The first-order chi connectivity index (χ1) is 16.3. The van der Waals surface area contributed by atoms with Crippen LogP contribution < -0.4 is 10.2 Å². The van der Waals surface area contributed by atoms with E-state index in [1.807, 2.05) is 19.1 Å². The lowest BCUT2D eigenvalue weighted by atomic mass is 9.80. The van der Waals surface area contributed by atoms with E-state index in [1.54, 1.807) is 12.1 Å². The molecule has 7 nitrogen and oxygen atoms in total. The van der Waals surface area contributed by atoms with Crippen LogP contribution in [0.1, 0.15) is 22.3 Å². The van der Waals surface area contributed by atoms with Crippen LogP contribution in [-0.4, -0.2) is 41.1 Å². The van der Waals surface area contributed by atoms with Gasteiger partial charge in [-0.3, -0.25) is 19.3 Å². The Morgan fingerprint density at radius 3 is 2.06 bits per heavy atom. The lowest BCUT2D eigenvalue weighted by molar-refractivity contribution is -0.123. The Kier molecular flexibility index (Phi) is 5.86. The Morgan fingerprint density at radius 1 is 0.941 bits per heavy atom. The number of halogens is 2. The average molecular weight is 501 g/mol. The highest BCUT2D eigenvalue weighted by Crippen LogP contribution is 2.59. The number of alkyl halides is 2. The van der Waals surface area contributed by atoms with E-state index >= 15 is 0 Å². The molecule has 1 N–H and O–H groups in total. The van der Waals surface area contributed by atoms with Crippen molar-refractivity contribution in [2.24, 2.45) is 23.7 Å². The molecule has 2 aromatic rings. The molecule has 1 heterocycles. The number of carbonyl (C=O) groups is 4. The molecule has 34 heavy (non-hydrogen) atoms. The van der Waals surface area contributed by atoms with Gasteiger partial charge in [0.25, 0.3) is 5.91 Å². The number of carbonyl (C=O) groups excluding carboxylic acids is 4. The van der Waals surface area contributed by atoms with E-state index in [1.165, 1.54) is 29.2 Å². The van der Waals surface area contributed by atoms with E-state index < -0.39 is 30.3 Å². The summed E-state index contributed by atoms with van der Waals surface area (Å²) in [6, 6.07) is 13.2. The Balaban J connectivity index is 1.21. The van der Waals surface area contributed by atoms with Crippen LogP contribution in [0.4, 0.5) is 11.4 Å². The van der Waals surface area contributed by atoms with Gasteiger partial charge in [0, 0.05) is 5.69 Å². The van der Waals surface area contributed by atoms with Crippen molar-refractivity contribution < 1.29 is 23.9 Å². The maximum atomic E-state index is 13.1. The molecule has 176 valence electrons. The van der Waals surface area contributed by atoms with Crippen molar-refractivity contribution in [2.45, 2.75) is 24.1 Å². The number of rotatable bonds is 5. The summed E-state index contributed by atoms with van der Waals surface area (Å²) < 4.78 is 5.09. The van der Waals surface area contributed by atoms with Gasteiger partial charge in [0.1, 0.15) is 0 Å². The van der Waals surface area contributed by atoms with Crippen molar-refractivity contribution in [3.8, 4) is 0 Å². The third kappa shape index (κ3) is 3.77. The van der Waals surface area contributed by atoms with Crippen molar-refractivity contribution in [3.63, 3.8) is 0 Å². The normalized spacial score (nSPS) is 29.3. The summed E-state index contributed by atoms with van der Waals surface area (Å²) in [5, 5.41) is 2.02. The fourth-order valence-electron chi connectivity index (χ4n) is 5.40. The van der Waals surface area contributed by atoms with Crippen molar-refractivity contribution in [1.82, 2.24) is 0 Å². The predicted octanol–water partition coefficient (Wildman–Crippen LogP) is 3.76. The number of hydrogen-bond donors (Lipinski definition) is 1. The smallest absolute Gasteiger partial charge is 0.338 e. The van der Waals surface area contributed by atoms with Gasteiger partial charge in [0.2, 0.25) is 11.8 Å². The summed E-state index contributed by atoms with van der Waals surface area (Å²) in [5.41, 5.74) is 2.25. The highest BCUT2D eigenvalue weighted by atomic mass is 35.5. The molecule has 1 saturated heterocycles. The second-order valence-corrected chi connectivity index (χ2v) is 10.1. The summed E-state index contributed by atoms with van der Waals surface area (Å²) in [5.74, 6) is -2.74. The van der Waals surface area contributed by atoms with Crippen molar-refractivity contribution in [3.05, 3.63) is 59.7 Å². The summed E-state index contributed by atoms with van der Waals surface area (Å²) in [4.78, 5) is 51.7. The Morgan fingerprint density at radius 2 is 1.50 bits per heavy atom. The second-order valence-electron chi connectivity index (χ2n) is 9.05. The van der Waals surface area contributed by atoms with Gasteiger partial charge in [-0.25, -0.2) is 4.79 Å². The van der Waals surface area contributed by atoms with Gasteiger partial charge in [-0.15, -0.1) is 23.2 Å². The minimum absolute atomic E-state index is 0.0964. The number of fused-ring (bicyclic) bond motifs is 5. The molecule has 2 bridgehead atoms. The van der Waals surface area contributed by atoms with Crippen molar-refractivity contribution in [2.75, 3.05) is 16.8 Å². The van der Waals surface area contributed by atoms with E-state index in [9.17, 15) is 19.2 Å². The predicted molar refractivity (Wildman–Crippen MR) is 127 cm³/mol. The van der Waals surface area contributed by atoms with Gasteiger partial charge in [-0.05, 0) is 61.6 Å². The molecule has 0 spiro atoms. The molecule has 1 aliphatic heterocycles. The van der Waals surface area contributed by atoms with E-state index in [2.05, 4.69) is 5.32 Å². The monoisotopic (exact) mass is 500 g/mol. The molecule has 6 atom stereocenters. The number of aryl methyl sites for hydroxylation is 1. The number of nitrogens with one attached hydrogen (secondary N) is 1. The molecule has 2 aromatic carbocycles. The first-order valence-electron chi connectivity index (χ1n) is 11.1. The van der Waals surface area contributed by atoms with Crippen LogP contribution in [0.15, 0.2) is 48.5 Å². The van der Waals surface area contributed by atoms with Gasteiger partial charge >= 0.3 is 5.97 Å². The molecular weight excluding hydrogens is 479 g/mol. The van der Waals surface area contributed by atoms with Gasteiger partial charge in [0.15, 0.2) is 6.61 Å². The van der Waals surface area contributed by atoms with Crippen LogP contribution in [-0.2, 0) is 19.1 Å². The number of hydrogen-bond acceptors (Lipinski definition) is 5. The van der Waals surface area contributed by atoms with Crippen LogP contribution in [0.25, 0.3) is 0 Å². The van der Waals surface area contributed by atoms with E-state index in [0.717, 1.165) is 5.56 Å². The maximum Gasteiger partial charge on any atom is 0.338 e. The minimum atomic E-state index is -0.686. The Labute approximate surface area is 206 Å². The average Bonchev–Trinajstić information content (AvgIpc) is 3.44. The molecule has 3 amide bonds. The molecule has 2 aliphatic carbocycles. The number of benzene rings is 2. The fourth-order valence-corrected chi connectivity index (χ4v) is 6.29. The van der Waals surface area contributed by atoms with Crippen LogP contribution >= 0.6 is 23.2 Å². The van der Waals surface area contributed by atoms with E-state index in [4.69, 9.17) is 27.9 Å². The van der Waals surface area contributed by atoms with Crippen LogP contribution in [0.2, 0.25) is 0 Å². The first kappa shape index (κ1) is 22.9. The van der Waals surface area contributed by atoms with Crippen molar-refractivity contribution in [1.29, 1.82) is 0 Å². The molecule has 5 rings (SSSR count). The lowest BCUT2D eigenvalue weighted by Crippen LogP contribution is -2.37. The van der Waals surface area contributed by atoms with Crippen molar-refractivity contribution >= 4 is 58.3 Å². The van der Waals surface area contributed by atoms with E-state index in [0.29, 0.717) is 17.8 Å². The minimum Gasteiger partial charge on any atom is -0.452 e. The SMILES string of the molecule is Cc1ccc(NC(=O)COC(=O)c2ccc(N3C(=O)[C@@H]4[C@H]5C[C@@H]([C@H](Cl)[C@H]5Cl)[C@@H]4C3=O)cc2)cc1. The number of imide groups is 1. The zero-order chi connectivity index (χ0) is 24.1. The first-order valence-corrected chi connectivity index (χ1v) is 11.9. The van der Waals surface area contributed by atoms with Gasteiger partial charge < -0.3 is 10.1 Å². The van der Waals surface area contributed by atoms with Gasteiger partial charge in [0.05, 0.1) is 33.8 Å². The molecule has 3 fully saturated rings. The highest BCUT2D eigenvalue weighted by molar-refractivity contribution is 6.32. The summed E-state index contributed by atoms with van der Waals surface area (Å²) in [7, 11) is 0. The number of anilines is 2. The molecule has 9 heteroatoms. The fraction of sp³-hybridized carbons (Fsp3) is 0.360. The summed E-state index contributed by atoms with van der Waals surface area (Å²) in [6.07, 6.45) is 0.700. The standard InChI is InChI=1S/C25H22Cl2N2O5/c1-12-2-6-14(7-3-12)28-18(30)11-34-25(33)13-4-8-15(9-5-13)29-23(31)19-16-10-17(20(19)24(29)32)22(27)21(16)26/h2-9,16-17,19-22H,10-11H2,1H3,(H,28,30)/t16-,17-,19-,20+,21+,22+/m1/s1. The Hall–Kier alpha value is -2.90. The summed E-state index contributed by atoms with van der Waals surface area (Å²) in [6.45, 7) is 1.50. The molecule has 0 unspecified atom stereocenters.